The van der Waals surface area contributed by atoms with E-state index in [1.807, 2.05) is 48.4 Å². The largest absolute Gasteiger partial charge is 0.484 e. The third-order valence-electron chi connectivity index (χ3n) is 5.58. The van der Waals surface area contributed by atoms with Crippen LogP contribution in [-0.2, 0) is 4.79 Å². The molecule has 1 aromatic heterocycles. The number of hydrogen-bond acceptors (Lipinski definition) is 6. The number of nitrogens with zero attached hydrogens (tertiary/aromatic N) is 5. The van der Waals surface area contributed by atoms with Crippen molar-refractivity contribution in [3.63, 3.8) is 0 Å². The molecule has 0 atom stereocenters. The molecule has 1 aromatic carbocycles. The summed E-state index contributed by atoms with van der Waals surface area (Å²) in [4.78, 5) is 28.1. The predicted molar refractivity (Wildman–Crippen MR) is 114 cm³/mol. The molecule has 2 aliphatic rings. The molecule has 2 aromatic rings. The zero-order valence-electron chi connectivity index (χ0n) is 17.1. The Kier molecular flexibility index (Phi) is 6.12. The van der Waals surface area contributed by atoms with Gasteiger partial charge in [-0.3, -0.25) is 4.79 Å². The smallest absolute Gasteiger partial charge is 0.260 e. The summed E-state index contributed by atoms with van der Waals surface area (Å²) in [6.45, 7) is 7.06. The van der Waals surface area contributed by atoms with Gasteiger partial charge in [-0.15, -0.1) is 0 Å². The Morgan fingerprint density at radius 1 is 1.00 bits per heavy atom. The van der Waals surface area contributed by atoms with Gasteiger partial charge < -0.3 is 19.4 Å². The molecule has 0 bridgehead atoms. The average molecular weight is 396 g/mol. The minimum Gasteiger partial charge on any atom is -0.484 e. The lowest BCUT2D eigenvalue weighted by atomic mass is 10.1. The van der Waals surface area contributed by atoms with Gasteiger partial charge in [0.05, 0.1) is 0 Å². The molecule has 2 aliphatic heterocycles. The molecular weight excluding hydrogens is 366 g/mol. The van der Waals surface area contributed by atoms with Gasteiger partial charge in [0.1, 0.15) is 11.6 Å². The molecule has 0 N–H and O–H groups in total. The highest BCUT2D eigenvalue weighted by molar-refractivity contribution is 5.78. The maximum Gasteiger partial charge on any atom is 0.260 e. The molecule has 0 saturated carbocycles. The molecule has 7 nitrogen and oxygen atoms in total. The summed E-state index contributed by atoms with van der Waals surface area (Å²) in [6.07, 6.45) is 5.55. The number of aromatic nitrogens is 2. The first-order valence-electron chi connectivity index (χ1n) is 10.5. The highest BCUT2D eigenvalue weighted by atomic mass is 16.5. The van der Waals surface area contributed by atoms with E-state index in [1.54, 1.807) is 0 Å². The van der Waals surface area contributed by atoms with Gasteiger partial charge >= 0.3 is 0 Å². The number of carbonyl (C=O) groups excluding carboxylic acids is 1. The molecule has 3 heterocycles. The van der Waals surface area contributed by atoms with Crippen LogP contribution in [0.3, 0.4) is 0 Å². The molecule has 0 spiro atoms. The Hall–Kier alpha value is -2.83. The van der Waals surface area contributed by atoms with Crippen molar-refractivity contribution >= 4 is 17.7 Å². The second-order valence-corrected chi connectivity index (χ2v) is 7.74. The van der Waals surface area contributed by atoms with Gasteiger partial charge in [0, 0.05) is 45.5 Å². The number of rotatable bonds is 5. The van der Waals surface area contributed by atoms with E-state index in [0.29, 0.717) is 13.1 Å². The fourth-order valence-electron chi connectivity index (χ4n) is 3.89. The van der Waals surface area contributed by atoms with Gasteiger partial charge in [0.25, 0.3) is 5.91 Å². The lowest BCUT2D eigenvalue weighted by Crippen LogP contribution is -2.50. The first-order valence-corrected chi connectivity index (χ1v) is 10.5. The van der Waals surface area contributed by atoms with Crippen molar-refractivity contribution < 1.29 is 9.53 Å². The van der Waals surface area contributed by atoms with E-state index in [2.05, 4.69) is 14.8 Å². The summed E-state index contributed by atoms with van der Waals surface area (Å²) in [6, 6.07) is 9.74. The Balaban J connectivity index is 1.29. The number of piperazine rings is 1. The lowest BCUT2D eigenvalue weighted by Gasteiger charge is -2.35. The second-order valence-electron chi connectivity index (χ2n) is 7.74. The Morgan fingerprint density at radius 2 is 1.79 bits per heavy atom. The third kappa shape index (κ3) is 4.96. The highest BCUT2D eigenvalue weighted by Gasteiger charge is 2.23. The van der Waals surface area contributed by atoms with E-state index in [-0.39, 0.29) is 12.5 Å². The van der Waals surface area contributed by atoms with E-state index >= 15 is 0 Å². The van der Waals surface area contributed by atoms with Crippen molar-refractivity contribution in [2.75, 3.05) is 55.7 Å². The summed E-state index contributed by atoms with van der Waals surface area (Å²) in [7, 11) is 0. The van der Waals surface area contributed by atoms with Gasteiger partial charge in [-0.2, -0.15) is 4.98 Å². The standard InChI is InChI=1S/C22H29N5O2/c1-18-6-5-7-19(16-18)29-17-21(28)26-14-12-25(13-15-26)20-8-9-23-22(24-20)27-10-3-2-4-11-27/h5-9,16H,2-4,10-15,17H2,1H3. The van der Waals surface area contributed by atoms with Crippen LogP contribution in [0.2, 0.25) is 0 Å². The predicted octanol–water partition coefficient (Wildman–Crippen LogP) is 2.50. The average Bonchev–Trinajstić information content (AvgIpc) is 2.78. The van der Waals surface area contributed by atoms with Crippen molar-refractivity contribution in [2.24, 2.45) is 0 Å². The molecule has 29 heavy (non-hydrogen) atoms. The molecule has 2 fully saturated rings. The normalized spacial score (nSPS) is 17.3. The van der Waals surface area contributed by atoms with Gasteiger partial charge in [-0.1, -0.05) is 12.1 Å². The quantitative estimate of drug-likeness (QED) is 0.775. The zero-order valence-corrected chi connectivity index (χ0v) is 17.1. The Bertz CT molecular complexity index is 829. The summed E-state index contributed by atoms with van der Waals surface area (Å²) < 4.78 is 5.67. The van der Waals surface area contributed by atoms with Crippen LogP contribution in [0.15, 0.2) is 36.5 Å². The number of aryl methyl sites for hydroxylation is 1. The van der Waals surface area contributed by atoms with Crippen LogP contribution >= 0.6 is 0 Å². The van der Waals surface area contributed by atoms with E-state index in [0.717, 1.165) is 49.3 Å². The Morgan fingerprint density at radius 3 is 2.55 bits per heavy atom. The number of amides is 1. The molecule has 1 amide bonds. The number of benzene rings is 1. The van der Waals surface area contributed by atoms with Gasteiger partial charge in [-0.25, -0.2) is 4.98 Å². The maximum atomic E-state index is 12.5. The van der Waals surface area contributed by atoms with Crippen LogP contribution in [0.5, 0.6) is 5.75 Å². The van der Waals surface area contributed by atoms with Crippen LogP contribution in [0, 0.1) is 6.92 Å². The SMILES string of the molecule is Cc1cccc(OCC(=O)N2CCN(c3ccnc(N4CCCCC4)n3)CC2)c1. The van der Waals surface area contributed by atoms with Crippen molar-refractivity contribution in [2.45, 2.75) is 26.2 Å². The van der Waals surface area contributed by atoms with Gasteiger partial charge in [-0.05, 0) is 49.9 Å². The van der Waals surface area contributed by atoms with E-state index < -0.39 is 0 Å². The van der Waals surface area contributed by atoms with Crippen molar-refractivity contribution in [3.05, 3.63) is 42.1 Å². The van der Waals surface area contributed by atoms with E-state index in [9.17, 15) is 4.79 Å². The van der Waals surface area contributed by atoms with E-state index in [1.165, 1.54) is 19.3 Å². The number of ether oxygens (including phenoxy) is 1. The van der Waals surface area contributed by atoms with Crippen LogP contribution in [0.25, 0.3) is 0 Å². The first kappa shape index (κ1) is 19.5. The van der Waals surface area contributed by atoms with Crippen molar-refractivity contribution in [1.82, 2.24) is 14.9 Å². The van der Waals surface area contributed by atoms with Gasteiger partial charge in [0.2, 0.25) is 5.95 Å². The fraction of sp³-hybridized carbons (Fsp3) is 0.500. The summed E-state index contributed by atoms with van der Waals surface area (Å²) in [5, 5.41) is 0. The van der Waals surface area contributed by atoms with Crippen LogP contribution in [-0.4, -0.2) is 66.7 Å². The van der Waals surface area contributed by atoms with Crippen LogP contribution in [0.4, 0.5) is 11.8 Å². The molecule has 0 unspecified atom stereocenters. The summed E-state index contributed by atoms with van der Waals surface area (Å²) in [5.74, 6) is 2.54. The number of hydrogen-bond donors (Lipinski definition) is 0. The maximum absolute atomic E-state index is 12.5. The molecule has 4 rings (SSSR count). The van der Waals surface area contributed by atoms with Crippen molar-refractivity contribution in [3.8, 4) is 5.75 Å². The van der Waals surface area contributed by atoms with Crippen LogP contribution in [0.1, 0.15) is 24.8 Å². The zero-order chi connectivity index (χ0) is 20.1. The molecule has 0 aliphatic carbocycles. The van der Waals surface area contributed by atoms with Gasteiger partial charge in [0.15, 0.2) is 6.61 Å². The molecule has 0 radical (unpaired) electrons. The second kappa shape index (κ2) is 9.11. The fourth-order valence-corrected chi connectivity index (χ4v) is 3.89. The first-order chi connectivity index (χ1) is 14.2. The topological polar surface area (TPSA) is 61.8 Å². The lowest BCUT2D eigenvalue weighted by molar-refractivity contribution is -0.133. The Labute approximate surface area is 172 Å². The van der Waals surface area contributed by atoms with Crippen molar-refractivity contribution in [1.29, 1.82) is 0 Å². The minimum absolute atomic E-state index is 0.0304. The number of carbonyl (C=O) groups is 1. The summed E-state index contributed by atoms with van der Waals surface area (Å²) in [5.41, 5.74) is 1.12. The summed E-state index contributed by atoms with van der Waals surface area (Å²) >= 11 is 0. The molecular formula is C22H29N5O2. The third-order valence-corrected chi connectivity index (χ3v) is 5.58. The number of piperidine rings is 1. The minimum atomic E-state index is 0.0304. The monoisotopic (exact) mass is 395 g/mol. The number of anilines is 2. The highest BCUT2D eigenvalue weighted by Crippen LogP contribution is 2.20. The van der Waals surface area contributed by atoms with E-state index in [4.69, 9.17) is 9.72 Å². The molecule has 2 saturated heterocycles. The van der Waals surface area contributed by atoms with Crippen LogP contribution < -0.4 is 14.5 Å². The molecule has 154 valence electrons. The molecule has 7 heteroatoms.